The van der Waals surface area contributed by atoms with Crippen LogP contribution in [0, 0.1) is 29.1 Å². The van der Waals surface area contributed by atoms with Crippen molar-refractivity contribution in [3.05, 3.63) is 137 Å². The van der Waals surface area contributed by atoms with Gasteiger partial charge >= 0.3 is 18.1 Å². The van der Waals surface area contributed by atoms with Gasteiger partial charge in [-0.3, -0.25) is 34.1 Å². The van der Waals surface area contributed by atoms with Crippen LogP contribution in [0.25, 0.3) is 0 Å². The average molecular weight is 1180 g/mol. The van der Waals surface area contributed by atoms with Gasteiger partial charge in [0.2, 0.25) is 35.4 Å². The number of rotatable bonds is 26. The zero-order valence-corrected chi connectivity index (χ0v) is 51.3. The number of carboxylic acids is 1. The van der Waals surface area contributed by atoms with Gasteiger partial charge in [0, 0.05) is 59.9 Å². The first-order valence-electron chi connectivity index (χ1n) is 28.7. The van der Waals surface area contributed by atoms with Crippen molar-refractivity contribution in [3.8, 4) is 11.8 Å². The molecule has 0 aromatic heterocycles. The third kappa shape index (κ3) is 19.0. The van der Waals surface area contributed by atoms with Gasteiger partial charge in [-0.2, -0.15) is 0 Å². The molecule has 460 valence electrons. The number of carbonyl (C=O) groups is 9. The molecule has 0 saturated heterocycles. The quantitative estimate of drug-likeness (QED) is 0.0173. The number of benzene rings is 4. The molecule has 1 unspecified atom stereocenters. The van der Waals surface area contributed by atoms with Crippen LogP contribution in [0.3, 0.4) is 0 Å². The maximum absolute atomic E-state index is 14.1. The van der Waals surface area contributed by atoms with Crippen molar-refractivity contribution in [2.45, 2.75) is 144 Å². The van der Waals surface area contributed by atoms with Gasteiger partial charge in [-0.05, 0) is 103 Å². The van der Waals surface area contributed by atoms with Gasteiger partial charge in [0.1, 0.15) is 24.7 Å². The van der Waals surface area contributed by atoms with E-state index in [2.05, 4.69) is 49.1 Å². The first kappa shape index (κ1) is 67.8. The molecule has 0 spiro atoms. The first-order chi connectivity index (χ1) is 40.5. The van der Waals surface area contributed by atoms with E-state index in [9.17, 15) is 48.3 Å². The molecule has 1 heterocycles. The minimum absolute atomic E-state index is 0.0860. The number of anilines is 3. The van der Waals surface area contributed by atoms with E-state index in [-0.39, 0.29) is 68.7 Å². The molecule has 10 N–H and O–H groups in total. The van der Waals surface area contributed by atoms with Gasteiger partial charge in [-0.1, -0.05) is 135 Å². The summed E-state index contributed by atoms with van der Waals surface area (Å²) in [6, 6.07) is 23.0. The fraction of sp³-hybridized carbons (Fsp3) is 0.431. The summed E-state index contributed by atoms with van der Waals surface area (Å²) in [6.07, 6.45) is 0.783. The SMILES string of the molecule is CNC(C(=O)N[C@H](C(=O)N(C)[C@H](/C=C(\C)C(=O)O)C(C)C)C(C)(C)C)C(C)(C)c1ccc(NC(=O)OCc2ccc(NC(=O)[C@H](CCCNC(N)=O)NC(=O)[C@@H](NC(=O)CCC(=O)N3Cc4ccccc4C#Cc4ccccc43)C(C)C)cc2)cc1. The second-order valence-electron chi connectivity index (χ2n) is 23.7. The molecule has 21 nitrogen and oxygen atoms in total. The second kappa shape index (κ2) is 30.7. The number of amides is 9. The van der Waals surface area contributed by atoms with Crippen LogP contribution in [0.1, 0.15) is 123 Å². The number of hydrogen-bond acceptors (Lipinski definition) is 11. The normalized spacial score (nSPS) is 13.9. The number of carbonyl (C=O) groups excluding carboxylic acids is 8. The number of hydrogen-bond donors (Lipinski definition) is 9. The van der Waals surface area contributed by atoms with Crippen molar-refractivity contribution in [3.63, 3.8) is 0 Å². The van der Waals surface area contributed by atoms with E-state index in [1.54, 1.807) is 87.4 Å². The molecule has 0 fully saturated rings. The number of aliphatic carboxylic acids is 1. The highest BCUT2D eigenvalue weighted by Crippen LogP contribution is 2.31. The summed E-state index contributed by atoms with van der Waals surface area (Å²) in [6.45, 7) is 18.3. The molecule has 21 heteroatoms. The Bertz CT molecular complexity index is 3190. The monoisotopic (exact) mass is 1180 g/mol. The van der Waals surface area contributed by atoms with Crippen LogP contribution >= 0.6 is 0 Å². The standard InChI is InChI=1S/C65H84N10O11/c1-39(2)51(36-41(5)61(82)83)74(12)60(81)56(64(6,7)8)73-59(80)55(67-11)65(9,10)46-27-31-48(32-28-46)70-63(85)86-38-42-23-29-47(30-24-42)69-57(78)49(21-17-35-68-62(66)84)71-58(79)54(40(3)4)72-52(76)33-34-53(77)75-37-45-20-14-13-18-43(45)25-26-44-19-15-16-22-50(44)75/h13-16,18-20,22-24,27-32,36,39-40,49,51,54-56,67H,17,21,33-35,37-38H2,1-12H3,(H,69,78)(H,70,85)(H,71,79)(H,72,76)(H,73,80)(H,82,83)(H3,66,68,84)/b41-36+/t49-,51+,54-,55?,56+/m0/s1. The van der Waals surface area contributed by atoms with E-state index < -0.39 is 88.7 Å². The highest BCUT2D eigenvalue weighted by Gasteiger charge is 2.42. The molecule has 1 aliphatic heterocycles. The molecule has 1 aliphatic rings. The summed E-state index contributed by atoms with van der Waals surface area (Å²) in [5.74, 6) is 1.90. The Kier molecular flexibility index (Phi) is 24.2. The lowest BCUT2D eigenvalue weighted by molar-refractivity contribution is -0.141. The van der Waals surface area contributed by atoms with E-state index >= 15 is 0 Å². The largest absolute Gasteiger partial charge is 0.478 e. The Balaban J connectivity index is 1.16. The Morgan fingerprint density at radius 2 is 1.34 bits per heavy atom. The van der Waals surface area contributed by atoms with Gasteiger partial charge < -0.3 is 57.3 Å². The third-order valence-corrected chi connectivity index (χ3v) is 15.0. The number of nitrogens with zero attached hydrogens (tertiary/aromatic N) is 2. The molecular formula is C65H84N10O11. The van der Waals surface area contributed by atoms with Gasteiger partial charge in [0.25, 0.3) is 0 Å². The van der Waals surface area contributed by atoms with E-state index in [1.807, 2.05) is 97.0 Å². The van der Waals surface area contributed by atoms with Crippen LogP contribution in [-0.4, -0.2) is 114 Å². The molecule has 0 bridgehead atoms. The number of likely N-dealkylation sites (N-methyl/N-ethyl adjacent to an activating group) is 2. The number of primary amides is 1. The minimum atomic E-state index is -1.12. The molecule has 0 radical (unpaired) electrons. The van der Waals surface area contributed by atoms with Crippen LogP contribution in [-0.2, 0) is 56.9 Å². The van der Waals surface area contributed by atoms with Crippen molar-refractivity contribution in [1.29, 1.82) is 0 Å². The van der Waals surface area contributed by atoms with Crippen molar-refractivity contribution < 1.29 is 53.0 Å². The van der Waals surface area contributed by atoms with Crippen LogP contribution in [0.15, 0.2) is 109 Å². The molecule has 5 rings (SSSR count). The number of ether oxygens (including phenoxy) is 1. The van der Waals surface area contributed by atoms with E-state index in [0.717, 1.165) is 16.7 Å². The number of nitrogens with one attached hydrogen (secondary N) is 7. The maximum Gasteiger partial charge on any atom is 0.411 e. The summed E-state index contributed by atoms with van der Waals surface area (Å²) >= 11 is 0. The van der Waals surface area contributed by atoms with Crippen molar-refractivity contribution in [1.82, 2.24) is 31.5 Å². The van der Waals surface area contributed by atoms with Gasteiger partial charge in [0.05, 0.1) is 24.3 Å². The number of para-hydroxylation sites is 1. The topological polar surface area (TPSA) is 300 Å². The zero-order chi connectivity index (χ0) is 63.6. The summed E-state index contributed by atoms with van der Waals surface area (Å²) in [4.78, 5) is 123. The van der Waals surface area contributed by atoms with Crippen LogP contribution < -0.4 is 47.9 Å². The molecule has 4 aromatic rings. The van der Waals surface area contributed by atoms with Crippen LogP contribution in [0.5, 0.6) is 0 Å². The Labute approximate surface area is 504 Å². The highest BCUT2D eigenvalue weighted by atomic mass is 16.5. The number of fused-ring (bicyclic) bond motifs is 2. The number of nitrogens with two attached hydrogens (primary N) is 1. The van der Waals surface area contributed by atoms with Crippen molar-refractivity contribution >= 4 is 70.6 Å². The molecular weight excluding hydrogens is 1100 g/mol. The summed E-state index contributed by atoms with van der Waals surface area (Å²) in [5, 5.41) is 29.2. The predicted octanol–water partition coefficient (Wildman–Crippen LogP) is 7.09. The van der Waals surface area contributed by atoms with Gasteiger partial charge in [-0.15, -0.1) is 0 Å². The molecule has 0 aliphatic carbocycles. The van der Waals surface area contributed by atoms with Gasteiger partial charge in [-0.25, -0.2) is 14.4 Å². The number of carboxylic acid groups (broad SMARTS) is 1. The van der Waals surface area contributed by atoms with Crippen LogP contribution in [0.2, 0.25) is 0 Å². The maximum atomic E-state index is 14.1. The van der Waals surface area contributed by atoms with E-state index in [4.69, 9.17) is 10.5 Å². The van der Waals surface area contributed by atoms with E-state index in [1.165, 1.54) is 11.8 Å². The molecule has 5 atom stereocenters. The predicted molar refractivity (Wildman–Crippen MR) is 330 cm³/mol. The molecule has 4 aromatic carbocycles. The lowest BCUT2D eigenvalue weighted by Gasteiger charge is -2.40. The third-order valence-electron chi connectivity index (χ3n) is 15.0. The molecule has 0 saturated carbocycles. The summed E-state index contributed by atoms with van der Waals surface area (Å²) < 4.78 is 5.51. The number of urea groups is 1. The lowest BCUT2D eigenvalue weighted by Crippen LogP contribution is -2.61. The Morgan fingerprint density at radius 1 is 0.733 bits per heavy atom. The van der Waals surface area contributed by atoms with Crippen molar-refractivity contribution in [2.75, 3.05) is 36.2 Å². The van der Waals surface area contributed by atoms with Crippen LogP contribution in [0.4, 0.5) is 26.7 Å². The fourth-order valence-corrected chi connectivity index (χ4v) is 9.88. The fourth-order valence-electron chi connectivity index (χ4n) is 9.88. The summed E-state index contributed by atoms with van der Waals surface area (Å²) in [5.41, 5.74) is 8.89. The second-order valence-corrected chi connectivity index (χ2v) is 23.7. The molecule has 86 heavy (non-hydrogen) atoms. The Morgan fingerprint density at radius 3 is 1.94 bits per heavy atom. The van der Waals surface area contributed by atoms with E-state index in [0.29, 0.717) is 28.2 Å². The molecule has 9 amide bonds. The highest BCUT2D eigenvalue weighted by molar-refractivity contribution is 6.00. The Hall–Kier alpha value is -9.03. The zero-order valence-electron chi connectivity index (χ0n) is 51.3. The smallest absolute Gasteiger partial charge is 0.411 e. The van der Waals surface area contributed by atoms with Gasteiger partial charge in [0.15, 0.2) is 0 Å². The first-order valence-corrected chi connectivity index (χ1v) is 28.7. The minimum Gasteiger partial charge on any atom is -0.478 e. The lowest BCUT2D eigenvalue weighted by atomic mass is 9.76. The summed E-state index contributed by atoms with van der Waals surface area (Å²) in [7, 11) is 3.26. The average Bonchev–Trinajstić information content (AvgIpc) is 1.31. The van der Waals surface area contributed by atoms with Crippen molar-refractivity contribution in [2.24, 2.45) is 23.0 Å².